The van der Waals surface area contributed by atoms with Gasteiger partial charge in [-0.3, -0.25) is 4.79 Å². The lowest BCUT2D eigenvalue weighted by Gasteiger charge is -2.17. The molecule has 1 atom stereocenters. The van der Waals surface area contributed by atoms with E-state index < -0.39 is 0 Å². The molecule has 0 fully saturated rings. The fraction of sp³-hybridized carbons (Fsp3) is 0.438. The van der Waals surface area contributed by atoms with Crippen molar-refractivity contribution in [2.24, 2.45) is 0 Å². The van der Waals surface area contributed by atoms with E-state index in [4.69, 9.17) is 11.2 Å². The van der Waals surface area contributed by atoms with E-state index >= 15 is 0 Å². The Morgan fingerprint density at radius 2 is 2.11 bits per heavy atom. The smallest absolute Gasteiger partial charge is 0.220 e. The Bertz CT molecular complexity index is 431. The normalized spacial score (nSPS) is 11.4. The Hall–Kier alpha value is -1.95. The molecule has 3 nitrogen and oxygen atoms in total. The molecule has 1 amide bonds. The van der Waals surface area contributed by atoms with Crippen molar-refractivity contribution >= 4 is 5.91 Å². The quantitative estimate of drug-likeness (QED) is 0.603. The largest absolute Gasteiger partial charge is 0.497 e. The fourth-order valence-electron chi connectivity index (χ4n) is 1.87. The van der Waals surface area contributed by atoms with E-state index in [9.17, 15) is 4.79 Å². The van der Waals surface area contributed by atoms with Gasteiger partial charge in [0.15, 0.2) is 0 Å². The molecular formula is C16H21NO2. The molecular weight excluding hydrogens is 238 g/mol. The van der Waals surface area contributed by atoms with Crippen molar-refractivity contribution < 1.29 is 9.53 Å². The van der Waals surface area contributed by atoms with E-state index in [-0.39, 0.29) is 11.9 Å². The number of hydrogen-bond donors (Lipinski definition) is 1. The van der Waals surface area contributed by atoms with E-state index in [1.54, 1.807) is 7.11 Å². The number of carbonyl (C=O) groups is 1. The number of unbranched alkanes of at least 4 members (excludes halogenated alkanes) is 1. The van der Waals surface area contributed by atoms with Gasteiger partial charge in [-0.1, -0.05) is 19.1 Å². The number of terminal acetylenes is 1. The first-order valence-electron chi connectivity index (χ1n) is 6.58. The molecule has 0 aliphatic rings. The molecule has 1 aromatic carbocycles. The number of carbonyl (C=O) groups excluding carboxylic acids is 1. The number of nitrogens with one attached hydrogen (secondary N) is 1. The highest BCUT2D eigenvalue weighted by molar-refractivity contribution is 5.76. The third-order valence-electron chi connectivity index (χ3n) is 2.99. The molecule has 3 heteroatoms. The number of ether oxygens (including phenoxy) is 1. The van der Waals surface area contributed by atoms with Crippen LogP contribution in [-0.2, 0) is 4.79 Å². The van der Waals surface area contributed by atoms with Crippen LogP contribution in [0, 0.1) is 12.3 Å². The van der Waals surface area contributed by atoms with Gasteiger partial charge in [0.25, 0.3) is 0 Å². The first-order chi connectivity index (χ1) is 9.21. The topological polar surface area (TPSA) is 38.3 Å². The van der Waals surface area contributed by atoms with Crippen molar-refractivity contribution in [3.8, 4) is 18.1 Å². The molecule has 0 saturated heterocycles. The second kappa shape index (κ2) is 8.20. The highest BCUT2D eigenvalue weighted by Crippen LogP contribution is 2.20. The average molecular weight is 259 g/mol. The van der Waals surface area contributed by atoms with Crippen LogP contribution in [0.3, 0.4) is 0 Å². The highest BCUT2D eigenvalue weighted by atomic mass is 16.5. The second-order valence-corrected chi connectivity index (χ2v) is 4.36. The monoisotopic (exact) mass is 259 g/mol. The zero-order valence-electron chi connectivity index (χ0n) is 11.6. The molecule has 0 aliphatic heterocycles. The summed E-state index contributed by atoms with van der Waals surface area (Å²) >= 11 is 0. The number of hydrogen-bond acceptors (Lipinski definition) is 2. The molecule has 0 spiro atoms. The van der Waals surface area contributed by atoms with Crippen molar-refractivity contribution in [3.63, 3.8) is 0 Å². The molecule has 19 heavy (non-hydrogen) atoms. The zero-order chi connectivity index (χ0) is 14.1. The molecule has 0 aliphatic carbocycles. The first-order valence-corrected chi connectivity index (χ1v) is 6.58. The van der Waals surface area contributed by atoms with Gasteiger partial charge >= 0.3 is 0 Å². The van der Waals surface area contributed by atoms with Crippen LogP contribution in [0.2, 0.25) is 0 Å². The third-order valence-corrected chi connectivity index (χ3v) is 2.99. The summed E-state index contributed by atoms with van der Waals surface area (Å²) in [5.74, 6) is 3.41. The van der Waals surface area contributed by atoms with Crippen molar-refractivity contribution in [2.45, 2.75) is 38.6 Å². The van der Waals surface area contributed by atoms with Crippen molar-refractivity contribution in [3.05, 3.63) is 29.8 Å². The Kier molecular flexibility index (Phi) is 6.52. The van der Waals surface area contributed by atoms with Crippen molar-refractivity contribution in [2.75, 3.05) is 7.11 Å². The van der Waals surface area contributed by atoms with Crippen molar-refractivity contribution in [1.29, 1.82) is 0 Å². The molecule has 0 heterocycles. The Morgan fingerprint density at radius 1 is 1.42 bits per heavy atom. The van der Waals surface area contributed by atoms with E-state index in [1.165, 1.54) is 0 Å². The van der Waals surface area contributed by atoms with Gasteiger partial charge in [-0.15, -0.1) is 12.3 Å². The van der Waals surface area contributed by atoms with E-state index in [0.29, 0.717) is 12.8 Å². The molecule has 1 rings (SSSR count). The van der Waals surface area contributed by atoms with Crippen LogP contribution < -0.4 is 10.1 Å². The van der Waals surface area contributed by atoms with Gasteiger partial charge in [0, 0.05) is 12.8 Å². The molecule has 1 aromatic rings. The summed E-state index contributed by atoms with van der Waals surface area (Å²) in [7, 11) is 1.64. The van der Waals surface area contributed by atoms with Gasteiger partial charge in [0.1, 0.15) is 5.75 Å². The molecule has 0 saturated carbocycles. The van der Waals surface area contributed by atoms with Crippen LogP contribution >= 0.6 is 0 Å². The summed E-state index contributed by atoms with van der Waals surface area (Å²) in [4.78, 5) is 11.8. The first kappa shape index (κ1) is 15.1. The molecule has 0 aromatic heterocycles. The number of methoxy groups -OCH3 is 1. The minimum atomic E-state index is 0.0456. The maximum absolute atomic E-state index is 11.8. The molecule has 0 radical (unpaired) electrons. The van der Waals surface area contributed by atoms with Gasteiger partial charge < -0.3 is 10.1 Å². The predicted molar refractivity (Wildman–Crippen MR) is 76.9 cm³/mol. The lowest BCUT2D eigenvalue weighted by atomic mass is 10.0. The number of rotatable bonds is 7. The standard InChI is InChI=1S/C16H21NO2/c1-4-6-7-8-16(18)17-15(5-2)13-9-11-14(19-3)12-10-13/h1,9-12,15H,5-8H2,2-3H3,(H,17,18). The summed E-state index contributed by atoms with van der Waals surface area (Å²) in [6, 6.07) is 7.82. The molecule has 102 valence electrons. The minimum absolute atomic E-state index is 0.0456. The maximum Gasteiger partial charge on any atom is 0.220 e. The molecule has 1 unspecified atom stereocenters. The van der Waals surface area contributed by atoms with Crippen LogP contribution in [0.15, 0.2) is 24.3 Å². The predicted octanol–water partition coefficient (Wildman–Crippen LogP) is 3.07. The van der Waals surface area contributed by atoms with E-state index in [1.807, 2.05) is 24.3 Å². The SMILES string of the molecule is C#CCCCC(=O)NC(CC)c1ccc(OC)cc1. The van der Waals surface area contributed by atoms with Crippen LogP contribution in [0.1, 0.15) is 44.2 Å². The number of amides is 1. The lowest BCUT2D eigenvalue weighted by Crippen LogP contribution is -2.27. The maximum atomic E-state index is 11.8. The lowest BCUT2D eigenvalue weighted by molar-refractivity contribution is -0.121. The van der Waals surface area contributed by atoms with Gasteiger partial charge in [-0.25, -0.2) is 0 Å². The van der Waals surface area contributed by atoms with Crippen molar-refractivity contribution in [1.82, 2.24) is 5.32 Å². The molecule has 0 bridgehead atoms. The van der Waals surface area contributed by atoms with E-state index in [0.717, 1.165) is 24.2 Å². The summed E-state index contributed by atoms with van der Waals surface area (Å²) in [5.41, 5.74) is 1.09. The van der Waals surface area contributed by atoms with Crippen LogP contribution in [0.4, 0.5) is 0 Å². The van der Waals surface area contributed by atoms with Crippen LogP contribution in [0.25, 0.3) is 0 Å². The van der Waals surface area contributed by atoms with Gasteiger partial charge in [-0.05, 0) is 30.5 Å². The summed E-state index contributed by atoms with van der Waals surface area (Å²) in [6.07, 6.45) is 7.89. The summed E-state index contributed by atoms with van der Waals surface area (Å²) < 4.78 is 5.12. The molecule has 1 N–H and O–H groups in total. The second-order valence-electron chi connectivity index (χ2n) is 4.36. The van der Waals surface area contributed by atoms with Gasteiger partial charge in [-0.2, -0.15) is 0 Å². The highest BCUT2D eigenvalue weighted by Gasteiger charge is 2.12. The van der Waals surface area contributed by atoms with Gasteiger partial charge in [0.2, 0.25) is 5.91 Å². The fourth-order valence-corrected chi connectivity index (χ4v) is 1.87. The summed E-state index contributed by atoms with van der Waals surface area (Å²) in [6.45, 7) is 2.05. The number of benzene rings is 1. The zero-order valence-corrected chi connectivity index (χ0v) is 11.6. The van der Waals surface area contributed by atoms with Crippen LogP contribution in [-0.4, -0.2) is 13.0 Å². The van der Waals surface area contributed by atoms with Crippen LogP contribution in [0.5, 0.6) is 5.75 Å². The Morgan fingerprint density at radius 3 is 2.63 bits per heavy atom. The Balaban J connectivity index is 2.57. The van der Waals surface area contributed by atoms with Gasteiger partial charge in [0.05, 0.1) is 13.2 Å². The van der Waals surface area contributed by atoms with E-state index in [2.05, 4.69) is 18.2 Å². The summed E-state index contributed by atoms with van der Waals surface area (Å²) in [5, 5.41) is 3.03. The Labute approximate surface area is 115 Å². The average Bonchev–Trinajstić information content (AvgIpc) is 2.45. The minimum Gasteiger partial charge on any atom is -0.497 e. The third kappa shape index (κ3) is 5.05.